The Morgan fingerprint density at radius 3 is 2.45 bits per heavy atom. The molecule has 0 heterocycles. The van der Waals surface area contributed by atoms with Crippen LogP contribution in [0.4, 0.5) is 8.78 Å². The highest BCUT2D eigenvalue weighted by molar-refractivity contribution is 5.78. The first-order chi connectivity index (χ1) is 9.38. The van der Waals surface area contributed by atoms with Gasteiger partial charge in [0.2, 0.25) is 5.91 Å². The molecule has 0 spiro atoms. The van der Waals surface area contributed by atoms with Gasteiger partial charge in [-0.2, -0.15) is 8.78 Å². The molecule has 112 valence electrons. The van der Waals surface area contributed by atoms with Crippen molar-refractivity contribution in [2.75, 3.05) is 13.6 Å². The van der Waals surface area contributed by atoms with E-state index in [4.69, 9.17) is 5.11 Å². The van der Waals surface area contributed by atoms with E-state index >= 15 is 0 Å². The van der Waals surface area contributed by atoms with E-state index in [1.54, 1.807) is 26.1 Å². The summed E-state index contributed by atoms with van der Waals surface area (Å²) in [4.78, 5) is 13.4. The average Bonchev–Trinajstić information content (AvgIpc) is 2.37. The van der Waals surface area contributed by atoms with Gasteiger partial charge in [0.25, 0.3) is 0 Å². The minimum atomic E-state index is -2.85. The van der Waals surface area contributed by atoms with E-state index in [-0.39, 0.29) is 18.1 Å². The lowest BCUT2D eigenvalue weighted by Gasteiger charge is -2.18. The number of aliphatic hydroxyl groups is 1. The molecule has 0 aliphatic carbocycles. The standard InChI is InChI=1S/C14H19F2NO3/c1-10(18)7-8-17(2)13(19)9-11-3-5-12(6-4-11)20-14(15)16/h3-6,10,14,18H,7-9H2,1-2H3. The molecule has 4 nitrogen and oxygen atoms in total. The first-order valence-corrected chi connectivity index (χ1v) is 6.34. The van der Waals surface area contributed by atoms with Gasteiger partial charge in [-0.15, -0.1) is 0 Å². The van der Waals surface area contributed by atoms with Crippen LogP contribution in [0, 0.1) is 0 Å². The van der Waals surface area contributed by atoms with E-state index in [1.165, 1.54) is 17.0 Å². The van der Waals surface area contributed by atoms with Crippen LogP contribution in [0.25, 0.3) is 0 Å². The summed E-state index contributed by atoms with van der Waals surface area (Å²) in [7, 11) is 1.67. The topological polar surface area (TPSA) is 49.8 Å². The van der Waals surface area contributed by atoms with Crippen LogP contribution >= 0.6 is 0 Å². The van der Waals surface area contributed by atoms with Gasteiger partial charge < -0.3 is 14.7 Å². The highest BCUT2D eigenvalue weighted by atomic mass is 19.3. The van der Waals surface area contributed by atoms with E-state index in [0.717, 1.165) is 5.56 Å². The number of ether oxygens (including phenoxy) is 1. The maximum atomic E-state index is 12.0. The Morgan fingerprint density at radius 2 is 1.95 bits per heavy atom. The molecule has 0 saturated heterocycles. The van der Waals surface area contributed by atoms with Crippen molar-refractivity contribution in [2.45, 2.75) is 32.5 Å². The van der Waals surface area contributed by atoms with Crippen molar-refractivity contribution in [2.24, 2.45) is 0 Å². The van der Waals surface area contributed by atoms with Gasteiger partial charge in [0.05, 0.1) is 12.5 Å². The monoisotopic (exact) mass is 287 g/mol. The third-order valence-electron chi connectivity index (χ3n) is 2.81. The number of likely N-dealkylation sites (N-methyl/N-ethyl adjacent to an activating group) is 1. The predicted octanol–water partition coefficient (Wildman–Crippen LogP) is 2.06. The number of amides is 1. The summed E-state index contributed by atoms with van der Waals surface area (Å²) in [6, 6.07) is 5.98. The first kappa shape index (κ1) is 16.4. The normalized spacial score (nSPS) is 12.3. The van der Waals surface area contributed by atoms with Gasteiger partial charge in [-0.25, -0.2) is 0 Å². The summed E-state index contributed by atoms with van der Waals surface area (Å²) in [5.41, 5.74) is 0.723. The molecule has 0 radical (unpaired) electrons. The van der Waals surface area contributed by atoms with Crippen LogP contribution in [0.3, 0.4) is 0 Å². The zero-order valence-electron chi connectivity index (χ0n) is 11.6. The van der Waals surface area contributed by atoms with Gasteiger partial charge in [0.15, 0.2) is 0 Å². The number of carbonyl (C=O) groups is 1. The third-order valence-corrected chi connectivity index (χ3v) is 2.81. The fraction of sp³-hybridized carbons (Fsp3) is 0.500. The Kier molecular flexibility index (Phi) is 6.38. The van der Waals surface area contributed by atoms with Crippen LogP contribution in [0.15, 0.2) is 24.3 Å². The largest absolute Gasteiger partial charge is 0.435 e. The van der Waals surface area contributed by atoms with Gasteiger partial charge in [-0.1, -0.05) is 12.1 Å². The minimum absolute atomic E-state index is 0.0682. The molecule has 20 heavy (non-hydrogen) atoms. The summed E-state index contributed by atoms with van der Waals surface area (Å²) in [6.07, 6.45) is 0.255. The molecule has 0 aliphatic heterocycles. The number of aliphatic hydroxyl groups excluding tert-OH is 1. The molecule has 1 aromatic rings. The maximum Gasteiger partial charge on any atom is 0.387 e. The van der Waals surface area contributed by atoms with Gasteiger partial charge >= 0.3 is 6.61 Å². The molecule has 6 heteroatoms. The van der Waals surface area contributed by atoms with Gasteiger partial charge in [0, 0.05) is 13.6 Å². The van der Waals surface area contributed by atoms with Crippen molar-refractivity contribution in [3.63, 3.8) is 0 Å². The lowest BCUT2D eigenvalue weighted by molar-refractivity contribution is -0.129. The molecular formula is C14H19F2NO3. The number of carbonyl (C=O) groups excluding carboxylic acids is 1. The second-order valence-electron chi connectivity index (χ2n) is 4.65. The molecule has 0 bridgehead atoms. The number of halogens is 2. The molecule has 0 aromatic heterocycles. The first-order valence-electron chi connectivity index (χ1n) is 6.34. The Hall–Kier alpha value is -1.69. The summed E-state index contributed by atoms with van der Waals surface area (Å²) >= 11 is 0. The lowest BCUT2D eigenvalue weighted by Crippen LogP contribution is -2.30. The highest BCUT2D eigenvalue weighted by Crippen LogP contribution is 2.15. The predicted molar refractivity (Wildman–Crippen MR) is 70.7 cm³/mol. The van der Waals surface area contributed by atoms with E-state index in [2.05, 4.69) is 4.74 Å². The van der Waals surface area contributed by atoms with Crippen molar-refractivity contribution >= 4 is 5.91 Å². The van der Waals surface area contributed by atoms with Crippen molar-refractivity contribution in [1.82, 2.24) is 4.90 Å². The number of alkyl halides is 2. The molecule has 1 unspecified atom stereocenters. The molecule has 0 fully saturated rings. The van der Waals surface area contributed by atoms with Crippen LogP contribution < -0.4 is 4.74 Å². The Morgan fingerprint density at radius 1 is 1.35 bits per heavy atom. The van der Waals surface area contributed by atoms with Gasteiger partial charge in [-0.05, 0) is 31.0 Å². The fourth-order valence-corrected chi connectivity index (χ4v) is 1.60. The zero-order valence-corrected chi connectivity index (χ0v) is 11.6. The molecule has 1 atom stereocenters. The van der Waals surface area contributed by atoms with E-state index in [1.807, 2.05) is 0 Å². The molecule has 1 amide bonds. The second-order valence-corrected chi connectivity index (χ2v) is 4.65. The summed E-state index contributed by atoms with van der Waals surface area (Å²) in [5, 5.41) is 9.16. The summed E-state index contributed by atoms with van der Waals surface area (Å²) in [5.74, 6) is -0.0214. The number of rotatable bonds is 7. The Balaban J connectivity index is 2.49. The van der Waals surface area contributed by atoms with Crippen LogP contribution in [0.2, 0.25) is 0 Å². The number of nitrogens with zero attached hydrogens (tertiary/aromatic N) is 1. The maximum absolute atomic E-state index is 12.0. The molecule has 0 aliphatic rings. The lowest BCUT2D eigenvalue weighted by atomic mass is 10.1. The van der Waals surface area contributed by atoms with Crippen LogP contribution in [0.1, 0.15) is 18.9 Å². The molecule has 0 saturated carbocycles. The zero-order chi connectivity index (χ0) is 15.1. The number of hydrogen-bond acceptors (Lipinski definition) is 3. The third kappa shape index (κ3) is 5.97. The fourth-order valence-electron chi connectivity index (χ4n) is 1.60. The number of hydrogen-bond donors (Lipinski definition) is 1. The molecule has 1 rings (SSSR count). The van der Waals surface area contributed by atoms with Crippen molar-refractivity contribution in [1.29, 1.82) is 0 Å². The average molecular weight is 287 g/mol. The summed E-state index contributed by atoms with van der Waals surface area (Å²) in [6.45, 7) is -0.711. The second kappa shape index (κ2) is 7.79. The number of benzene rings is 1. The highest BCUT2D eigenvalue weighted by Gasteiger charge is 2.11. The minimum Gasteiger partial charge on any atom is -0.435 e. The van der Waals surface area contributed by atoms with Gasteiger partial charge in [-0.3, -0.25) is 4.79 Å². The molecule has 1 aromatic carbocycles. The molecule has 1 N–H and O–H groups in total. The van der Waals surface area contributed by atoms with Crippen LogP contribution in [0.5, 0.6) is 5.75 Å². The van der Waals surface area contributed by atoms with Crippen LogP contribution in [-0.2, 0) is 11.2 Å². The smallest absolute Gasteiger partial charge is 0.387 e. The van der Waals surface area contributed by atoms with Crippen molar-refractivity contribution in [3.05, 3.63) is 29.8 Å². The van der Waals surface area contributed by atoms with E-state index < -0.39 is 12.7 Å². The van der Waals surface area contributed by atoms with Crippen molar-refractivity contribution in [3.8, 4) is 5.75 Å². The van der Waals surface area contributed by atoms with E-state index in [9.17, 15) is 13.6 Å². The quantitative estimate of drug-likeness (QED) is 0.835. The molecular weight excluding hydrogens is 268 g/mol. The summed E-state index contributed by atoms with van der Waals surface area (Å²) < 4.78 is 28.2. The van der Waals surface area contributed by atoms with E-state index in [0.29, 0.717) is 13.0 Å². The Labute approximate surface area is 117 Å². The van der Waals surface area contributed by atoms with Gasteiger partial charge in [0.1, 0.15) is 5.75 Å². The SMILES string of the molecule is CC(O)CCN(C)C(=O)Cc1ccc(OC(F)F)cc1. The van der Waals surface area contributed by atoms with Crippen LogP contribution in [-0.4, -0.2) is 42.2 Å². The Bertz CT molecular complexity index is 421. The van der Waals surface area contributed by atoms with Crippen molar-refractivity contribution < 1.29 is 23.4 Å².